The summed E-state index contributed by atoms with van der Waals surface area (Å²) in [5.74, 6) is 0.315. The number of hydrogen-bond donors (Lipinski definition) is 0. The molecule has 1 aliphatic carbocycles. The Hall–Kier alpha value is -5.00. The lowest BCUT2D eigenvalue weighted by Gasteiger charge is -2.26. The van der Waals surface area contributed by atoms with Crippen LogP contribution in [0.2, 0.25) is 0 Å². The molecule has 0 unspecified atom stereocenters. The largest absolute Gasteiger partial charge is 0.497 e. The fraction of sp³-hybridized carbons (Fsp3) is 0.0556. The minimum atomic E-state index is -0.222. The molecule has 0 aliphatic heterocycles. The Kier molecular flexibility index (Phi) is 6.02. The molecule has 4 nitrogen and oxygen atoms in total. The molecule has 1 aromatic heterocycles. The third-order valence-electron chi connectivity index (χ3n) is 7.66. The van der Waals surface area contributed by atoms with Gasteiger partial charge in [0.2, 0.25) is 0 Å². The molecule has 41 heavy (non-hydrogen) atoms. The zero-order chi connectivity index (χ0) is 28.1. The first kappa shape index (κ1) is 25.0. The number of anilines is 3. The number of nitrogens with zero attached hydrogens (tertiary/aromatic N) is 1. The number of benzene rings is 5. The summed E-state index contributed by atoms with van der Waals surface area (Å²) in [6.07, 6.45) is 1.74. The molecule has 0 N–H and O–H groups in total. The van der Waals surface area contributed by atoms with E-state index >= 15 is 0 Å². The molecule has 5 aromatic carbocycles. The van der Waals surface area contributed by atoms with E-state index in [-0.39, 0.29) is 17.1 Å². The molecular weight excluding hydrogens is 526 g/mol. The highest BCUT2D eigenvalue weighted by molar-refractivity contribution is 7.17. The van der Waals surface area contributed by atoms with Gasteiger partial charge < -0.3 is 9.64 Å². The molecule has 198 valence electrons. The lowest BCUT2D eigenvalue weighted by atomic mass is 10.0. The first-order valence-corrected chi connectivity index (χ1v) is 14.2. The van der Waals surface area contributed by atoms with Gasteiger partial charge in [-0.3, -0.25) is 9.59 Å². The smallest absolute Gasteiger partial charge is 0.197 e. The minimum absolute atomic E-state index is 0.206. The molecule has 6 aromatic rings. The molecule has 0 bridgehead atoms. The monoisotopic (exact) mass is 551 g/mol. The van der Waals surface area contributed by atoms with Gasteiger partial charge in [0.1, 0.15) is 10.8 Å². The molecule has 0 radical (unpaired) electrons. The Bertz CT molecular complexity index is 2000. The lowest BCUT2D eigenvalue weighted by molar-refractivity contribution is 0.0990. The van der Waals surface area contributed by atoms with Gasteiger partial charge in [-0.1, -0.05) is 60.7 Å². The van der Waals surface area contributed by atoms with Gasteiger partial charge in [0.15, 0.2) is 11.6 Å². The van der Waals surface area contributed by atoms with Crippen molar-refractivity contribution in [3.8, 4) is 5.75 Å². The van der Waals surface area contributed by atoms with Gasteiger partial charge in [-0.2, -0.15) is 0 Å². The van der Waals surface area contributed by atoms with E-state index in [1.807, 2.05) is 66.7 Å². The zero-order valence-electron chi connectivity index (χ0n) is 22.5. The Labute approximate surface area is 241 Å². The second-order valence-electron chi connectivity index (χ2n) is 10.1. The Morgan fingerprint density at radius 1 is 0.707 bits per heavy atom. The van der Waals surface area contributed by atoms with Crippen molar-refractivity contribution >= 4 is 66.9 Å². The Balaban J connectivity index is 1.34. The first-order valence-electron chi connectivity index (χ1n) is 13.4. The molecule has 0 amide bonds. The van der Waals surface area contributed by atoms with Gasteiger partial charge in [-0.05, 0) is 77.2 Å². The lowest BCUT2D eigenvalue weighted by Crippen LogP contribution is -2.09. The van der Waals surface area contributed by atoms with Gasteiger partial charge in [0.05, 0.1) is 24.1 Å². The first-order chi connectivity index (χ1) is 20.0. The molecule has 7 rings (SSSR count). The molecule has 0 fully saturated rings. The number of hydrogen-bond acceptors (Lipinski definition) is 5. The number of thiophene rings is 1. The number of carbonyl (C=O) groups excluding carboxylic acids is 2. The Morgan fingerprint density at radius 3 is 2.10 bits per heavy atom. The molecule has 0 atom stereocenters. The quantitative estimate of drug-likeness (QED) is 0.158. The average Bonchev–Trinajstić information content (AvgIpc) is 3.56. The van der Waals surface area contributed by atoms with Crippen LogP contribution in [0.25, 0.3) is 27.6 Å². The topological polar surface area (TPSA) is 46.6 Å². The van der Waals surface area contributed by atoms with Crippen LogP contribution < -0.4 is 9.64 Å². The van der Waals surface area contributed by atoms with Crippen LogP contribution >= 0.6 is 11.3 Å². The molecule has 0 saturated heterocycles. The second kappa shape index (κ2) is 9.88. The molecule has 1 aliphatic rings. The van der Waals surface area contributed by atoms with Crippen LogP contribution in [-0.4, -0.2) is 18.7 Å². The fourth-order valence-corrected chi connectivity index (χ4v) is 6.57. The predicted octanol–water partition coefficient (Wildman–Crippen LogP) is 9.30. The van der Waals surface area contributed by atoms with Crippen molar-refractivity contribution in [2.24, 2.45) is 0 Å². The van der Waals surface area contributed by atoms with E-state index in [1.165, 1.54) is 22.3 Å². The van der Waals surface area contributed by atoms with Crippen molar-refractivity contribution in [1.29, 1.82) is 0 Å². The summed E-state index contributed by atoms with van der Waals surface area (Å²) in [5.41, 5.74) is 4.34. The third kappa shape index (κ3) is 4.22. The highest BCUT2D eigenvalue weighted by Gasteiger charge is 2.33. The van der Waals surface area contributed by atoms with E-state index in [9.17, 15) is 9.59 Å². The highest BCUT2D eigenvalue weighted by Crippen LogP contribution is 2.44. The van der Waals surface area contributed by atoms with E-state index in [0.717, 1.165) is 43.2 Å². The second-order valence-corrected chi connectivity index (χ2v) is 11.2. The van der Waals surface area contributed by atoms with Gasteiger partial charge in [-0.25, -0.2) is 0 Å². The minimum Gasteiger partial charge on any atom is -0.497 e. The van der Waals surface area contributed by atoms with Crippen LogP contribution in [0.1, 0.15) is 31.2 Å². The van der Waals surface area contributed by atoms with E-state index in [2.05, 4.69) is 54.3 Å². The standard InChI is InChI=1S/C36H25NO3S/c1-22-14-16-33(29-13-6-5-12-28(22)29)37(25-10-7-11-26(20-25)40-2)34-17-15-27(41-34)21-32-35(38)30-18-23-8-3-4-9-24(23)19-31(30)36(32)39/h3-21H,1-2H3. The van der Waals surface area contributed by atoms with Gasteiger partial charge >= 0.3 is 0 Å². The van der Waals surface area contributed by atoms with Crippen molar-refractivity contribution < 1.29 is 14.3 Å². The number of fused-ring (bicyclic) bond motifs is 3. The summed E-state index contributed by atoms with van der Waals surface area (Å²) in [7, 11) is 1.66. The number of ketones is 2. The number of rotatable bonds is 5. The van der Waals surface area contributed by atoms with Gasteiger partial charge in [0, 0.05) is 27.5 Å². The number of aryl methyl sites for hydroxylation is 1. The maximum absolute atomic E-state index is 13.4. The number of allylic oxidation sites excluding steroid dienone is 1. The van der Waals surface area contributed by atoms with E-state index in [0.29, 0.717) is 11.1 Å². The summed E-state index contributed by atoms with van der Waals surface area (Å²) >= 11 is 1.53. The number of methoxy groups -OCH3 is 1. The van der Waals surface area contributed by atoms with Crippen LogP contribution in [-0.2, 0) is 0 Å². The van der Waals surface area contributed by atoms with Crippen molar-refractivity contribution in [3.05, 3.63) is 136 Å². The van der Waals surface area contributed by atoms with Crippen LogP contribution in [0.3, 0.4) is 0 Å². The van der Waals surface area contributed by atoms with Crippen LogP contribution in [0.15, 0.2) is 115 Å². The van der Waals surface area contributed by atoms with E-state index in [4.69, 9.17) is 4.74 Å². The maximum Gasteiger partial charge on any atom is 0.197 e. The van der Waals surface area contributed by atoms with Crippen LogP contribution in [0.5, 0.6) is 5.75 Å². The van der Waals surface area contributed by atoms with Crippen LogP contribution in [0, 0.1) is 6.92 Å². The van der Waals surface area contributed by atoms with Crippen LogP contribution in [0.4, 0.5) is 16.4 Å². The number of Topliss-reactive ketones (excluding diaryl/α,β-unsaturated/α-hetero) is 2. The summed E-state index contributed by atoms with van der Waals surface area (Å²) < 4.78 is 5.55. The SMILES string of the molecule is COc1cccc(N(c2ccc(C=C3C(=O)c4cc5ccccc5cc4C3=O)s2)c2ccc(C)c3ccccc23)c1. The van der Waals surface area contributed by atoms with E-state index < -0.39 is 0 Å². The molecule has 1 heterocycles. The Morgan fingerprint density at radius 2 is 1.39 bits per heavy atom. The normalized spacial score (nSPS) is 12.7. The summed E-state index contributed by atoms with van der Waals surface area (Å²) in [4.78, 5) is 29.8. The molecule has 5 heteroatoms. The predicted molar refractivity (Wildman–Crippen MR) is 168 cm³/mol. The molecular formula is C36H25NO3S. The van der Waals surface area contributed by atoms with Crippen molar-refractivity contribution in [2.75, 3.05) is 12.0 Å². The van der Waals surface area contributed by atoms with E-state index in [1.54, 1.807) is 13.2 Å². The van der Waals surface area contributed by atoms with Crippen molar-refractivity contribution in [3.63, 3.8) is 0 Å². The maximum atomic E-state index is 13.4. The summed E-state index contributed by atoms with van der Waals surface area (Å²) in [6.45, 7) is 2.12. The van der Waals surface area contributed by atoms with Gasteiger partial charge in [-0.15, -0.1) is 11.3 Å². The molecule has 0 spiro atoms. The van der Waals surface area contributed by atoms with Crippen molar-refractivity contribution in [2.45, 2.75) is 6.92 Å². The molecule has 0 saturated carbocycles. The van der Waals surface area contributed by atoms with Gasteiger partial charge in [0.25, 0.3) is 0 Å². The third-order valence-corrected chi connectivity index (χ3v) is 8.67. The summed E-state index contributed by atoms with van der Waals surface area (Å²) in [5, 5.41) is 5.18. The van der Waals surface area contributed by atoms with Crippen molar-refractivity contribution in [1.82, 2.24) is 0 Å². The number of ether oxygens (including phenoxy) is 1. The number of carbonyl (C=O) groups is 2. The summed E-state index contributed by atoms with van der Waals surface area (Å²) in [6, 6.07) is 36.1. The highest BCUT2D eigenvalue weighted by atomic mass is 32.1. The average molecular weight is 552 g/mol. The fourth-order valence-electron chi connectivity index (χ4n) is 5.59. The zero-order valence-corrected chi connectivity index (χ0v) is 23.4.